The van der Waals surface area contributed by atoms with Gasteiger partial charge in [-0.3, -0.25) is 4.99 Å². The van der Waals surface area contributed by atoms with Crippen LogP contribution in [0.25, 0.3) is 0 Å². The molecule has 0 bridgehead atoms. The zero-order valence-electron chi connectivity index (χ0n) is 16.3. The number of fused-ring (bicyclic) bond motifs is 1. The Kier molecular flexibility index (Phi) is 6.03. The van der Waals surface area contributed by atoms with E-state index in [1.54, 1.807) is 18.2 Å². The fraction of sp³-hybridized carbons (Fsp3) is 0.167. The second-order valence-corrected chi connectivity index (χ2v) is 6.98. The molecule has 0 aromatic heterocycles. The highest BCUT2D eigenvalue weighted by Gasteiger charge is 2.21. The van der Waals surface area contributed by atoms with Gasteiger partial charge in [0.1, 0.15) is 12.4 Å². The smallest absolute Gasteiger partial charge is 0.407 e. The van der Waals surface area contributed by atoms with Crippen molar-refractivity contribution in [2.75, 3.05) is 18.4 Å². The Morgan fingerprint density at radius 2 is 1.70 bits per heavy atom. The number of hydrogen-bond donors (Lipinski definition) is 2. The third-order valence-electron chi connectivity index (χ3n) is 4.85. The first-order valence-electron chi connectivity index (χ1n) is 9.81. The van der Waals surface area contributed by atoms with Crippen LogP contribution in [0, 0.1) is 5.82 Å². The molecule has 1 atom stereocenters. The van der Waals surface area contributed by atoms with Crippen molar-refractivity contribution in [1.82, 2.24) is 5.32 Å². The van der Waals surface area contributed by atoms with Crippen LogP contribution in [0.15, 0.2) is 83.9 Å². The second-order valence-electron chi connectivity index (χ2n) is 6.98. The number of ether oxygens (including phenoxy) is 1. The quantitative estimate of drug-likeness (QED) is 0.664. The van der Waals surface area contributed by atoms with Gasteiger partial charge in [-0.05, 0) is 23.8 Å². The maximum atomic E-state index is 14.5. The van der Waals surface area contributed by atoms with E-state index < -0.39 is 6.09 Å². The Balaban J connectivity index is 1.48. The van der Waals surface area contributed by atoms with E-state index in [2.05, 4.69) is 10.6 Å². The summed E-state index contributed by atoms with van der Waals surface area (Å²) in [5.41, 5.74) is 3.63. The van der Waals surface area contributed by atoms with Gasteiger partial charge in [-0.1, -0.05) is 60.7 Å². The number of benzene rings is 3. The van der Waals surface area contributed by atoms with E-state index in [-0.39, 0.29) is 25.0 Å². The van der Waals surface area contributed by atoms with Gasteiger partial charge in [0.2, 0.25) is 0 Å². The van der Waals surface area contributed by atoms with Gasteiger partial charge >= 0.3 is 6.09 Å². The summed E-state index contributed by atoms with van der Waals surface area (Å²) < 4.78 is 19.8. The lowest BCUT2D eigenvalue weighted by molar-refractivity contribution is 0.139. The van der Waals surface area contributed by atoms with E-state index in [9.17, 15) is 9.18 Å². The number of carbonyl (C=O) groups excluding carboxylic acids is 1. The van der Waals surface area contributed by atoms with Gasteiger partial charge in [-0.25, -0.2) is 9.18 Å². The van der Waals surface area contributed by atoms with Crippen LogP contribution in [0.3, 0.4) is 0 Å². The number of para-hydroxylation sites is 1. The maximum absolute atomic E-state index is 14.5. The molecular formula is C24H22FN3O2. The first-order chi connectivity index (χ1) is 14.7. The Morgan fingerprint density at radius 1 is 1.00 bits per heavy atom. The fourth-order valence-electron chi connectivity index (χ4n) is 3.33. The van der Waals surface area contributed by atoms with Crippen molar-refractivity contribution in [1.29, 1.82) is 0 Å². The summed E-state index contributed by atoms with van der Waals surface area (Å²) in [6.07, 6.45) is -0.511. The molecule has 0 fully saturated rings. The Morgan fingerprint density at radius 3 is 2.50 bits per heavy atom. The molecule has 30 heavy (non-hydrogen) atoms. The van der Waals surface area contributed by atoms with E-state index in [0.717, 1.165) is 16.8 Å². The van der Waals surface area contributed by atoms with Gasteiger partial charge in [0, 0.05) is 29.9 Å². The molecule has 0 radical (unpaired) electrons. The molecule has 3 aromatic rings. The van der Waals surface area contributed by atoms with Crippen molar-refractivity contribution < 1.29 is 13.9 Å². The minimum absolute atomic E-state index is 0.199. The summed E-state index contributed by atoms with van der Waals surface area (Å²) in [4.78, 5) is 16.9. The van der Waals surface area contributed by atoms with E-state index in [4.69, 9.17) is 9.73 Å². The number of anilines is 1. The number of amides is 1. The molecule has 0 saturated heterocycles. The molecule has 1 aliphatic heterocycles. The molecular weight excluding hydrogens is 381 g/mol. The molecule has 1 aliphatic rings. The number of nitrogens with zero attached hydrogens (tertiary/aromatic N) is 1. The summed E-state index contributed by atoms with van der Waals surface area (Å²) >= 11 is 0. The molecule has 0 saturated carbocycles. The van der Waals surface area contributed by atoms with Crippen LogP contribution in [-0.4, -0.2) is 30.9 Å². The number of aliphatic imine (C=N–C) groups is 1. The zero-order valence-corrected chi connectivity index (χ0v) is 16.3. The highest BCUT2D eigenvalue weighted by molar-refractivity contribution is 6.16. The van der Waals surface area contributed by atoms with Gasteiger partial charge in [-0.2, -0.15) is 0 Å². The second kappa shape index (κ2) is 9.22. The van der Waals surface area contributed by atoms with Crippen molar-refractivity contribution in [3.8, 4) is 0 Å². The molecule has 1 heterocycles. The van der Waals surface area contributed by atoms with E-state index in [0.29, 0.717) is 17.8 Å². The minimum atomic E-state index is -0.511. The lowest BCUT2D eigenvalue weighted by Gasteiger charge is -2.14. The molecule has 2 N–H and O–H groups in total. The van der Waals surface area contributed by atoms with Crippen LogP contribution < -0.4 is 10.6 Å². The highest BCUT2D eigenvalue weighted by atomic mass is 19.1. The molecule has 3 aromatic carbocycles. The molecule has 4 rings (SSSR count). The number of nitrogens with one attached hydrogen (secondary N) is 2. The number of halogens is 1. The predicted molar refractivity (Wildman–Crippen MR) is 115 cm³/mol. The maximum Gasteiger partial charge on any atom is 0.407 e. The Bertz CT molecular complexity index is 1050. The summed E-state index contributed by atoms with van der Waals surface area (Å²) in [6, 6.07) is 23.5. The van der Waals surface area contributed by atoms with Crippen molar-refractivity contribution in [3.05, 3.63) is 101 Å². The first kappa shape index (κ1) is 19.6. The lowest BCUT2D eigenvalue weighted by atomic mass is 10.00. The van der Waals surface area contributed by atoms with Gasteiger partial charge < -0.3 is 15.4 Å². The number of benzodiazepines with no additional fused rings is 1. The van der Waals surface area contributed by atoms with Crippen LogP contribution in [-0.2, 0) is 11.3 Å². The molecule has 0 aliphatic carbocycles. The van der Waals surface area contributed by atoms with E-state index in [1.807, 2.05) is 54.6 Å². The third kappa shape index (κ3) is 4.66. The zero-order chi connectivity index (χ0) is 20.8. The van der Waals surface area contributed by atoms with Gasteiger partial charge in [0.05, 0.1) is 11.8 Å². The average molecular weight is 403 g/mol. The number of carbonyl (C=O) groups is 1. The Hall–Kier alpha value is -3.67. The van der Waals surface area contributed by atoms with Crippen LogP contribution in [0.1, 0.15) is 16.7 Å². The summed E-state index contributed by atoms with van der Waals surface area (Å²) in [6.45, 7) is 0.977. The number of alkyl carbamates (subject to hydrolysis) is 1. The number of hydrogen-bond acceptors (Lipinski definition) is 4. The normalized spacial score (nSPS) is 15.2. The first-order valence-corrected chi connectivity index (χ1v) is 9.81. The van der Waals surface area contributed by atoms with Gasteiger partial charge in [0.15, 0.2) is 0 Å². The standard InChI is InChI=1S/C24H22FN3O2/c25-21-12-6-4-10-19(21)23-20-11-5-7-13-22(20)26-14-18(28-23)15-27-24(29)30-16-17-8-2-1-3-9-17/h1-13,18,26H,14-16H2,(H,27,29). The highest BCUT2D eigenvalue weighted by Crippen LogP contribution is 2.24. The largest absolute Gasteiger partial charge is 0.445 e. The van der Waals surface area contributed by atoms with Crippen LogP contribution in [0.4, 0.5) is 14.9 Å². The average Bonchev–Trinajstić information content (AvgIpc) is 2.97. The molecule has 6 heteroatoms. The summed E-state index contributed by atoms with van der Waals surface area (Å²) in [5.74, 6) is -0.332. The van der Waals surface area contributed by atoms with Crippen molar-refractivity contribution in [2.24, 2.45) is 4.99 Å². The molecule has 5 nitrogen and oxygen atoms in total. The van der Waals surface area contributed by atoms with Gasteiger partial charge in [0.25, 0.3) is 0 Å². The monoisotopic (exact) mass is 403 g/mol. The predicted octanol–water partition coefficient (Wildman–Crippen LogP) is 4.38. The molecule has 152 valence electrons. The SMILES string of the molecule is O=C(NCC1CNc2ccccc2C(c2ccccc2F)=N1)OCc1ccccc1. The van der Waals surface area contributed by atoms with Crippen LogP contribution in [0.5, 0.6) is 0 Å². The van der Waals surface area contributed by atoms with Crippen LogP contribution in [0.2, 0.25) is 0 Å². The third-order valence-corrected chi connectivity index (χ3v) is 4.85. The summed E-state index contributed by atoms with van der Waals surface area (Å²) in [7, 11) is 0. The fourth-order valence-corrected chi connectivity index (χ4v) is 3.33. The molecule has 1 amide bonds. The van der Waals surface area contributed by atoms with Gasteiger partial charge in [-0.15, -0.1) is 0 Å². The van der Waals surface area contributed by atoms with Crippen molar-refractivity contribution in [3.63, 3.8) is 0 Å². The number of rotatable bonds is 5. The van der Waals surface area contributed by atoms with Crippen molar-refractivity contribution in [2.45, 2.75) is 12.6 Å². The summed E-state index contributed by atoms with van der Waals surface area (Å²) in [5, 5.41) is 6.11. The van der Waals surface area contributed by atoms with Crippen molar-refractivity contribution >= 4 is 17.5 Å². The lowest BCUT2D eigenvalue weighted by Crippen LogP contribution is -2.35. The molecule has 0 spiro atoms. The Labute approximate surface area is 174 Å². The molecule has 1 unspecified atom stereocenters. The van der Waals surface area contributed by atoms with Crippen LogP contribution >= 0.6 is 0 Å². The topological polar surface area (TPSA) is 62.7 Å². The van der Waals surface area contributed by atoms with E-state index >= 15 is 0 Å². The van der Waals surface area contributed by atoms with E-state index in [1.165, 1.54) is 6.07 Å². The minimum Gasteiger partial charge on any atom is -0.445 e.